The number of amides is 1. The second-order valence-corrected chi connectivity index (χ2v) is 7.69. The lowest BCUT2D eigenvalue weighted by Crippen LogP contribution is -2.44. The summed E-state index contributed by atoms with van der Waals surface area (Å²) in [5.74, 6) is 1.85. The van der Waals surface area contributed by atoms with Crippen molar-refractivity contribution in [2.24, 2.45) is 0 Å². The third kappa shape index (κ3) is 3.81. The quantitative estimate of drug-likeness (QED) is 0.637. The Morgan fingerprint density at radius 2 is 2.21 bits per heavy atom. The summed E-state index contributed by atoms with van der Waals surface area (Å²) in [4.78, 5) is 23.7. The molecular weight excluding hydrogens is 371 g/mol. The van der Waals surface area contributed by atoms with Crippen molar-refractivity contribution in [3.8, 4) is 0 Å². The van der Waals surface area contributed by atoms with Crippen molar-refractivity contribution in [3.05, 3.63) is 71.7 Å². The summed E-state index contributed by atoms with van der Waals surface area (Å²) in [6, 6.07) is 6.45. The molecule has 29 heavy (non-hydrogen) atoms. The number of rotatable bonds is 6. The zero-order valence-electron chi connectivity index (χ0n) is 16.8. The molecule has 0 spiro atoms. The number of benzene rings is 1. The largest absolute Gasteiger partial charge is 0.443 e. The van der Waals surface area contributed by atoms with Crippen molar-refractivity contribution in [1.29, 1.82) is 0 Å². The van der Waals surface area contributed by atoms with Crippen molar-refractivity contribution in [1.82, 2.24) is 19.4 Å². The van der Waals surface area contributed by atoms with E-state index in [0.717, 1.165) is 30.7 Å². The fourth-order valence-electron chi connectivity index (χ4n) is 4.10. The smallest absolute Gasteiger partial charge is 0.243 e. The SMILES string of the molecule is CCc1nccn1CC(=O)N1CCC[C@]1(C)c1ncc(Cc2cccc(F)c2)o1. The summed E-state index contributed by atoms with van der Waals surface area (Å²) < 4.78 is 21.4. The summed E-state index contributed by atoms with van der Waals surface area (Å²) in [5.41, 5.74) is 0.244. The van der Waals surface area contributed by atoms with Crippen LogP contribution in [0.3, 0.4) is 0 Å². The van der Waals surface area contributed by atoms with Gasteiger partial charge in [0.25, 0.3) is 0 Å². The third-order valence-corrected chi connectivity index (χ3v) is 5.65. The molecule has 0 bridgehead atoms. The Morgan fingerprint density at radius 3 is 3.00 bits per heavy atom. The van der Waals surface area contributed by atoms with Gasteiger partial charge in [-0.05, 0) is 37.5 Å². The predicted molar refractivity (Wildman–Crippen MR) is 106 cm³/mol. The maximum atomic E-state index is 13.4. The first-order chi connectivity index (χ1) is 14.0. The van der Waals surface area contributed by atoms with Crippen LogP contribution >= 0.6 is 0 Å². The van der Waals surface area contributed by atoms with Gasteiger partial charge in [-0.25, -0.2) is 14.4 Å². The van der Waals surface area contributed by atoms with Gasteiger partial charge in [0, 0.05) is 31.8 Å². The third-order valence-electron chi connectivity index (χ3n) is 5.65. The van der Waals surface area contributed by atoms with E-state index in [4.69, 9.17) is 4.42 Å². The predicted octanol–water partition coefficient (Wildman–Crippen LogP) is 3.70. The van der Waals surface area contributed by atoms with Gasteiger partial charge in [-0.15, -0.1) is 0 Å². The number of nitrogens with zero attached hydrogens (tertiary/aromatic N) is 4. The number of carbonyl (C=O) groups excluding carboxylic acids is 1. The van der Waals surface area contributed by atoms with Crippen molar-refractivity contribution < 1.29 is 13.6 Å². The average molecular weight is 396 g/mol. The molecule has 3 heterocycles. The van der Waals surface area contributed by atoms with Crippen LogP contribution in [0.25, 0.3) is 0 Å². The first kappa shape index (κ1) is 19.4. The molecule has 152 valence electrons. The number of likely N-dealkylation sites (tertiary alicyclic amines) is 1. The lowest BCUT2D eigenvalue weighted by atomic mass is 9.99. The van der Waals surface area contributed by atoms with Crippen molar-refractivity contribution in [2.45, 2.75) is 51.6 Å². The molecule has 0 radical (unpaired) electrons. The van der Waals surface area contributed by atoms with Gasteiger partial charge in [-0.2, -0.15) is 0 Å². The van der Waals surface area contributed by atoms with Crippen LogP contribution in [0, 0.1) is 5.82 Å². The number of oxazole rings is 1. The fraction of sp³-hybridized carbons (Fsp3) is 0.409. The Hall–Kier alpha value is -2.96. The number of carbonyl (C=O) groups is 1. The summed E-state index contributed by atoms with van der Waals surface area (Å²) >= 11 is 0. The normalized spacial score (nSPS) is 19.1. The Morgan fingerprint density at radius 1 is 1.34 bits per heavy atom. The Kier molecular flexibility index (Phi) is 5.22. The van der Waals surface area contributed by atoms with E-state index in [9.17, 15) is 9.18 Å². The minimum absolute atomic E-state index is 0.0302. The van der Waals surface area contributed by atoms with Gasteiger partial charge >= 0.3 is 0 Å². The highest BCUT2D eigenvalue weighted by Crippen LogP contribution is 2.38. The Labute approximate surface area is 169 Å². The number of imidazole rings is 1. The van der Waals surface area contributed by atoms with Gasteiger partial charge in [0.2, 0.25) is 11.8 Å². The first-order valence-corrected chi connectivity index (χ1v) is 9.99. The molecule has 1 aliphatic rings. The van der Waals surface area contributed by atoms with Gasteiger partial charge in [0.15, 0.2) is 0 Å². The molecule has 3 aromatic rings. The van der Waals surface area contributed by atoms with Crippen molar-refractivity contribution in [2.75, 3.05) is 6.54 Å². The number of aromatic nitrogens is 3. The summed E-state index contributed by atoms with van der Waals surface area (Å²) in [6.45, 7) is 4.96. The Bertz CT molecular complexity index is 1010. The van der Waals surface area contributed by atoms with Crippen LogP contribution < -0.4 is 0 Å². The van der Waals surface area contributed by atoms with Gasteiger partial charge in [-0.3, -0.25) is 4.79 Å². The number of aryl methyl sites for hydroxylation is 1. The zero-order chi connectivity index (χ0) is 20.4. The second-order valence-electron chi connectivity index (χ2n) is 7.69. The van der Waals surface area contributed by atoms with E-state index >= 15 is 0 Å². The summed E-state index contributed by atoms with van der Waals surface area (Å²) in [5, 5.41) is 0. The number of hydrogen-bond donors (Lipinski definition) is 0. The second kappa shape index (κ2) is 7.81. The van der Waals surface area contributed by atoms with E-state index in [-0.39, 0.29) is 18.3 Å². The molecule has 1 fully saturated rings. The molecule has 0 aliphatic carbocycles. The molecule has 0 unspecified atom stereocenters. The van der Waals surface area contributed by atoms with Crippen LogP contribution in [0.15, 0.2) is 47.3 Å². The molecule has 0 saturated carbocycles. The highest BCUT2D eigenvalue weighted by Gasteiger charge is 2.44. The van der Waals surface area contributed by atoms with Gasteiger partial charge < -0.3 is 13.9 Å². The van der Waals surface area contributed by atoms with E-state index in [2.05, 4.69) is 9.97 Å². The monoisotopic (exact) mass is 396 g/mol. The number of hydrogen-bond acceptors (Lipinski definition) is 4. The first-order valence-electron chi connectivity index (χ1n) is 9.99. The van der Waals surface area contributed by atoms with Crippen molar-refractivity contribution >= 4 is 5.91 Å². The van der Waals surface area contributed by atoms with E-state index in [1.807, 2.05) is 35.6 Å². The fourth-order valence-corrected chi connectivity index (χ4v) is 4.10. The van der Waals surface area contributed by atoms with Crippen LogP contribution in [0.1, 0.15) is 49.7 Å². The number of halogens is 1. The molecule has 1 aromatic carbocycles. The van der Waals surface area contributed by atoms with Crippen molar-refractivity contribution in [3.63, 3.8) is 0 Å². The standard InChI is InChI=1S/C22H25FN4O2/c1-3-19-24-9-11-26(19)15-20(28)27-10-5-8-22(27,2)21-25-14-18(29-21)13-16-6-4-7-17(23)12-16/h4,6-7,9,11-12,14H,3,5,8,10,13,15H2,1-2H3/t22-/m1/s1. The van der Waals surface area contributed by atoms with Gasteiger partial charge in [0.1, 0.15) is 29.5 Å². The minimum Gasteiger partial charge on any atom is -0.443 e. The van der Waals surface area contributed by atoms with Crippen LogP contribution in [0.4, 0.5) is 4.39 Å². The molecule has 1 amide bonds. The van der Waals surface area contributed by atoms with E-state index in [0.29, 0.717) is 24.6 Å². The van der Waals surface area contributed by atoms with Gasteiger partial charge in [-0.1, -0.05) is 19.1 Å². The zero-order valence-corrected chi connectivity index (χ0v) is 16.8. The Balaban J connectivity index is 1.52. The molecule has 1 saturated heterocycles. The molecule has 2 aromatic heterocycles. The minimum atomic E-state index is -0.579. The molecule has 1 aliphatic heterocycles. The van der Waals surface area contributed by atoms with Crippen LogP contribution in [-0.4, -0.2) is 31.9 Å². The summed E-state index contributed by atoms with van der Waals surface area (Å²) in [7, 11) is 0. The molecule has 7 heteroatoms. The maximum absolute atomic E-state index is 13.4. The van der Waals surface area contributed by atoms with Gasteiger partial charge in [0.05, 0.1) is 6.20 Å². The maximum Gasteiger partial charge on any atom is 0.243 e. The lowest BCUT2D eigenvalue weighted by Gasteiger charge is -2.32. The highest BCUT2D eigenvalue weighted by molar-refractivity contribution is 5.77. The van der Waals surface area contributed by atoms with E-state index < -0.39 is 5.54 Å². The summed E-state index contributed by atoms with van der Waals surface area (Å²) in [6.07, 6.45) is 8.17. The molecule has 1 atom stereocenters. The average Bonchev–Trinajstić information content (AvgIpc) is 3.42. The van der Waals surface area contributed by atoms with E-state index in [1.165, 1.54) is 12.1 Å². The lowest BCUT2D eigenvalue weighted by molar-refractivity contribution is -0.136. The topological polar surface area (TPSA) is 64.2 Å². The molecule has 6 nitrogen and oxygen atoms in total. The highest BCUT2D eigenvalue weighted by atomic mass is 19.1. The van der Waals surface area contributed by atoms with E-state index in [1.54, 1.807) is 18.5 Å². The molecular formula is C22H25FN4O2. The molecule has 4 rings (SSSR count). The van der Waals surface area contributed by atoms with Crippen LogP contribution in [0.5, 0.6) is 0 Å². The van der Waals surface area contributed by atoms with Crippen LogP contribution in [0.2, 0.25) is 0 Å². The van der Waals surface area contributed by atoms with Crippen LogP contribution in [-0.2, 0) is 29.7 Å². The molecule has 0 N–H and O–H groups in total.